The highest BCUT2D eigenvalue weighted by Crippen LogP contribution is 2.29. The van der Waals surface area contributed by atoms with Crippen LogP contribution in [-0.4, -0.2) is 43.9 Å². The summed E-state index contributed by atoms with van der Waals surface area (Å²) in [5, 5.41) is 18.9. The molecule has 0 fully saturated rings. The van der Waals surface area contributed by atoms with Crippen LogP contribution >= 0.6 is 0 Å². The average Bonchev–Trinajstić information content (AvgIpc) is 3.18. The summed E-state index contributed by atoms with van der Waals surface area (Å²) in [6.45, 7) is 0.0457. The molecule has 0 aliphatic carbocycles. The van der Waals surface area contributed by atoms with E-state index in [-0.39, 0.29) is 24.7 Å². The summed E-state index contributed by atoms with van der Waals surface area (Å²) in [5.41, 5.74) is 9.56. The topological polar surface area (TPSA) is 147 Å². The Bertz CT molecular complexity index is 1310. The molecule has 0 saturated carbocycles. The zero-order valence-corrected chi connectivity index (χ0v) is 16.9. The van der Waals surface area contributed by atoms with Crippen molar-refractivity contribution in [2.45, 2.75) is 6.42 Å². The van der Waals surface area contributed by atoms with Crippen molar-refractivity contribution >= 4 is 28.7 Å². The number of carboxylic acid groups (broad SMARTS) is 1. The van der Waals surface area contributed by atoms with E-state index >= 15 is 0 Å². The smallest absolute Gasteiger partial charge is 0.305 e. The number of fused-ring (bicyclic) bond motifs is 1. The molecule has 1 amide bonds. The van der Waals surface area contributed by atoms with Crippen molar-refractivity contribution in [1.82, 2.24) is 19.9 Å². The van der Waals surface area contributed by atoms with Crippen molar-refractivity contribution in [1.29, 1.82) is 5.41 Å². The van der Waals surface area contributed by atoms with Gasteiger partial charge in [-0.25, -0.2) is 4.98 Å². The number of benzene rings is 2. The van der Waals surface area contributed by atoms with E-state index in [9.17, 15) is 9.59 Å². The number of carboxylic acids is 1. The lowest BCUT2D eigenvalue weighted by atomic mass is 10.1. The normalized spacial score (nSPS) is 10.8. The van der Waals surface area contributed by atoms with Gasteiger partial charge in [-0.1, -0.05) is 24.3 Å². The maximum Gasteiger partial charge on any atom is 0.305 e. The van der Waals surface area contributed by atoms with Crippen LogP contribution in [-0.2, 0) is 4.79 Å². The number of hydrogen-bond donors (Lipinski definition) is 4. The largest absolute Gasteiger partial charge is 0.481 e. The number of nitrogens with one attached hydrogen (secondary N) is 2. The van der Waals surface area contributed by atoms with Crippen LogP contribution in [0.1, 0.15) is 22.3 Å². The number of aliphatic carboxylic acids is 1. The summed E-state index contributed by atoms with van der Waals surface area (Å²) in [6.07, 6.45) is 3.26. The van der Waals surface area contributed by atoms with Crippen LogP contribution in [0.5, 0.6) is 0 Å². The standard InChI is InChI=1S/C23H20N6O3/c24-21(25)14-3-5-15(6-4-14)22-28-18-12-16(23(32)27-11-9-20(30)31)7-8-19(18)29(22)17-2-1-10-26-13-17/h1-8,10,12-13H,9,11H2,(H3,24,25)(H,27,32)(H,30,31). The maximum atomic E-state index is 12.4. The van der Waals surface area contributed by atoms with Gasteiger partial charge in [0.15, 0.2) is 0 Å². The zero-order chi connectivity index (χ0) is 22.7. The SMILES string of the molecule is N=C(N)c1ccc(-c2nc3cc(C(=O)NCCC(=O)O)ccc3n2-c2cccnc2)cc1. The Morgan fingerprint density at radius 1 is 1.09 bits per heavy atom. The predicted molar refractivity (Wildman–Crippen MR) is 120 cm³/mol. The number of rotatable bonds is 7. The van der Waals surface area contributed by atoms with E-state index in [2.05, 4.69) is 10.3 Å². The molecular weight excluding hydrogens is 408 g/mol. The number of amidine groups is 1. The van der Waals surface area contributed by atoms with Crippen molar-refractivity contribution in [2.24, 2.45) is 5.73 Å². The third kappa shape index (κ3) is 4.17. The molecule has 2 aromatic heterocycles. The monoisotopic (exact) mass is 428 g/mol. The van der Waals surface area contributed by atoms with Gasteiger partial charge in [0.25, 0.3) is 5.91 Å². The van der Waals surface area contributed by atoms with Crippen LogP contribution in [0.3, 0.4) is 0 Å². The molecule has 2 heterocycles. The van der Waals surface area contributed by atoms with E-state index in [0.717, 1.165) is 16.8 Å². The zero-order valence-electron chi connectivity index (χ0n) is 16.9. The second-order valence-electron chi connectivity index (χ2n) is 7.08. The number of carbonyl (C=O) groups is 2. The summed E-state index contributed by atoms with van der Waals surface area (Å²) < 4.78 is 1.94. The Labute approximate surface area is 183 Å². The number of amides is 1. The minimum atomic E-state index is -0.976. The van der Waals surface area contributed by atoms with Crippen LogP contribution in [0.25, 0.3) is 28.1 Å². The summed E-state index contributed by atoms with van der Waals surface area (Å²) in [6, 6.07) is 16.1. The van der Waals surface area contributed by atoms with Crippen LogP contribution in [0.2, 0.25) is 0 Å². The molecule has 9 nitrogen and oxygen atoms in total. The highest BCUT2D eigenvalue weighted by molar-refractivity contribution is 5.98. The Kier molecular flexibility index (Phi) is 5.63. The average molecular weight is 428 g/mol. The first-order valence-corrected chi connectivity index (χ1v) is 9.82. The van der Waals surface area contributed by atoms with Gasteiger partial charge in [-0.3, -0.25) is 24.5 Å². The van der Waals surface area contributed by atoms with Gasteiger partial charge in [0.05, 0.1) is 29.3 Å². The van der Waals surface area contributed by atoms with Gasteiger partial charge in [0.2, 0.25) is 0 Å². The van der Waals surface area contributed by atoms with Crippen molar-refractivity contribution < 1.29 is 14.7 Å². The van der Waals surface area contributed by atoms with Gasteiger partial charge in [-0.2, -0.15) is 0 Å². The molecule has 0 aliphatic rings. The van der Waals surface area contributed by atoms with Crippen LogP contribution in [0.4, 0.5) is 0 Å². The quantitative estimate of drug-likeness (QED) is 0.263. The summed E-state index contributed by atoms with van der Waals surface area (Å²) in [7, 11) is 0. The summed E-state index contributed by atoms with van der Waals surface area (Å²) >= 11 is 0. The third-order valence-electron chi connectivity index (χ3n) is 4.90. The van der Waals surface area contributed by atoms with Crippen molar-refractivity contribution in [3.05, 3.63) is 78.1 Å². The Hall–Kier alpha value is -4.53. The molecule has 0 radical (unpaired) electrons. The molecule has 2 aromatic carbocycles. The molecule has 0 aliphatic heterocycles. The molecule has 32 heavy (non-hydrogen) atoms. The highest BCUT2D eigenvalue weighted by atomic mass is 16.4. The minimum Gasteiger partial charge on any atom is -0.481 e. The predicted octanol–water partition coefficient (Wildman–Crippen LogP) is 2.58. The molecular formula is C23H20N6O3. The van der Waals surface area contributed by atoms with Gasteiger partial charge in [-0.05, 0) is 30.3 Å². The lowest BCUT2D eigenvalue weighted by Crippen LogP contribution is -2.25. The fraction of sp³-hybridized carbons (Fsp3) is 0.0870. The number of nitrogens with zero attached hydrogens (tertiary/aromatic N) is 3. The second-order valence-corrected chi connectivity index (χ2v) is 7.08. The number of aromatic nitrogens is 3. The second kappa shape index (κ2) is 8.68. The fourth-order valence-corrected chi connectivity index (χ4v) is 3.35. The van der Waals surface area contributed by atoms with Crippen LogP contribution in [0.15, 0.2) is 67.0 Å². The Morgan fingerprint density at radius 2 is 1.84 bits per heavy atom. The van der Waals surface area contributed by atoms with Crippen molar-refractivity contribution in [3.63, 3.8) is 0 Å². The van der Waals surface area contributed by atoms with E-state index in [4.69, 9.17) is 21.2 Å². The van der Waals surface area contributed by atoms with Crippen LogP contribution in [0, 0.1) is 5.41 Å². The first kappa shape index (κ1) is 20.7. The maximum absolute atomic E-state index is 12.4. The van der Waals surface area contributed by atoms with E-state index in [1.165, 1.54) is 0 Å². The summed E-state index contributed by atoms with van der Waals surface area (Å²) in [4.78, 5) is 32.1. The lowest BCUT2D eigenvalue weighted by molar-refractivity contribution is -0.136. The minimum absolute atomic E-state index is 0.0177. The van der Waals surface area contributed by atoms with E-state index in [0.29, 0.717) is 22.5 Å². The fourth-order valence-electron chi connectivity index (χ4n) is 3.35. The summed E-state index contributed by atoms with van der Waals surface area (Å²) in [5.74, 6) is -0.713. The number of hydrogen-bond acceptors (Lipinski definition) is 5. The Balaban J connectivity index is 1.79. The molecule has 5 N–H and O–H groups in total. The molecule has 0 bridgehead atoms. The molecule has 160 valence electrons. The number of nitrogens with two attached hydrogens (primary N) is 1. The molecule has 0 saturated heterocycles. The van der Waals surface area contributed by atoms with Crippen molar-refractivity contribution in [3.8, 4) is 17.1 Å². The third-order valence-corrected chi connectivity index (χ3v) is 4.90. The molecule has 9 heteroatoms. The van der Waals surface area contributed by atoms with Gasteiger partial charge < -0.3 is 16.2 Å². The first-order valence-electron chi connectivity index (χ1n) is 9.82. The highest BCUT2D eigenvalue weighted by Gasteiger charge is 2.17. The van der Waals surface area contributed by atoms with E-state index < -0.39 is 5.97 Å². The van der Waals surface area contributed by atoms with Gasteiger partial charge in [0.1, 0.15) is 11.7 Å². The molecule has 0 spiro atoms. The van der Waals surface area contributed by atoms with Crippen LogP contribution < -0.4 is 11.1 Å². The van der Waals surface area contributed by atoms with E-state index in [1.54, 1.807) is 42.7 Å². The number of pyridine rings is 1. The van der Waals surface area contributed by atoms with Crippen molar-refractivity contribution in [2.75, 3.05) is 6.54 Å². The molecule has 4 rings (SSSR count). The number of carbonyl (C=O) groups excluding carboxylic acids is 1. The molecule has 0 atom stereocenters. The van der Waals surface area contributed by atoms with Gasteiger partial charge >= 0.3 is 5.97 Å². The molecule has 4 aromatic rings. The Morgan fingerprint density at radius 3 is 2.50 bits per heavy atom. The number of imidazole rings is 1. The number of nitrogen functional groups attached to an aromatic ring is 1. The van der Waals surface area contributed by atoms with Gasteiger partial charge in [-0.15, -0.1) is 0 Å². The van der Waals surface area contributed by atoms with Gasteiger partial charge in [0, 0.05) is 29.4 Å². The molecule has 0 unspecified atom stereocenters. The lowest BCUT2D eigenvalue weighted by Gasteiger charge is -2.10. The van der Waals surface area contributed by atoms with E-state index in [1.807, 2.05) is 28.8 Å². The first-order chi connectivity index (χ1) is 15.4.